The van der Waals surface area contributed by atoms with Gasteiger partial charge < -0.3 is 10.6 Å². The van der Waals surface area contributed by atoms with E-state index in [-0.39, 0.29) is 24.4 Å². The molecule has 1 unspecified atom stereocenters. The first-order valence-corrected chi connectivity index (χ1v) is 7.69. The minimum Gasteiger partial charge on any atom is -0.339 e. The van der Waals surface area contributed by atoms with Gasteiger partial charge in [0.25, 0.3) is 5.91 Å². The van der Waals surface area contributed by atoms with Gasteiger partial charge in [0.2, 0.25) is 0 Å². The summed E-state index contributed by atoms with van der Waals surface area (Å²) in [6.07, 6.45) is 2.02. The fourth-order valence-corrected chi connectivity index (χ4v) is 3.13. The number of benzene rings is 2. The first-order chi connectivity index (χ1) is 10.1. The monoisotopic (exact) mass is 318 g/mol. The van der Waals surface area contributed by atoms with Crippen LogP contribution in [0.4, 0.5) is 0 Å². The van der Waals surface area contributed by atoms with Crippen molar-refractivity contribution in [2.45, 2.75) is 25.8 Å². The van der Waals surface area contributed by atoms with Crippen LogP contribution < -0.4 is 5.73 Å². The Kier molecular flexibility index (Phi) is 5.43. The molecule has 2 aromatic rings. The Bertz CT molecular complexity index is 648. The van der Waals surface area contributed by atoms with Crippen LogP contribution in [0.25, 0.3) is 10.8 Å². The molecule has 0 aromatic heterocycles. The molecule has 1 heterocycles. The fourth-order valence-electron chi connectivity index (χ4n) is 3.13. The van der Waals surface area contributed by atoms with E-state index < -0.39 is 0 Å². The van der Waals surface area contributed by atoms with Crippen molar-refractivity contribution in [2.24, 2.45) is 11.7 Å². The van der Waals surface area contributed by atoms with Gasteiger partial charge in [0.1, 0.15) is 0 Å². The van der Waals surface area contributed by atoms with E-state index in [0.29, 0.717) is 5.92 Å². The maximum Gasteiger partial charge on any atom is 0.253 e. The van der Waals surface area contributed by atoms with Gasteiger partial charge in [0, 0.05) is 24.7 Å². The molecule has 2 aromatic carbocycles. The van der Waals surface area contributed by atoms with Crippen molar-refractivity contribution in [1.82, 2.24) is 4.90 Å². The number of nitrogens with zero attached hydrogens (tertiary/aromatic N) is 1. The van der Waals surface area contributed by atoms with Crippen LogP contribution in [0.15, 0.2) is 42.5 Å². The smallest absolute Gasteiger partial charge is 0.253 e. The number of hydrogen-bond acceptors (Lipinski definition) is 2. The Hall–Kier alpha value is -1.58. The van der Waals surface area contributed by atoms with Crippen molar-refractivity contribution >= 4 is 29.1 Å². The first-order valence-electron chi connectivity index (χ1n) is 7.69. The summed E-state index contributed by atoms with van der Waals surface area (Å²) in [5.74, 6) is 0.689. The van der Waals surface area contributed by atoms with Gasteiger partial charge in [-0.15, -0.1) is 12.4 Å². The molecule has 0 bridgehead atoms. The number of amides is 1. The number of hydrogen-bond donors (Lipinski definition) is 1. The lowest BCUT2D eigenvalue weighted by atomic mass is 9.90. The van der Waals surface area contributed by atoms with Crippen LogP contribution in [0.2, 0.25) is 0 Å². The van der Waals surface area contributed by atoms with E-state index >= 15 is 0 Å². The molecular formula is C18H23ClN2O. The van der Waals surface area contributed by atoms with E-state index in [9.17, 15) is 4.79 Å². The summed E-state index contributed by atoms with van der Waals surface area (Å²) in [5, 5.41) is 2.29. The van der Waals surface area contributed by atoms with E-state index in [1.165, 1.54) is 5.39 Å². The molecule has 1 aliphatic heterocycles. The van der Waals surface area contributed by atoms with Crippen molar-refractivity contribution < 1.29 is 4.79 Å². The summed E-state index contributed by atoms with van der Waals surface area (Å²) >= 11 is 0. The van der Waals surface area contributed by atoms with Gasteiger partial charge in [-0.25, -0.2) is 0 Å². The number of nitrogens with two attached hydrogens (primary N) is 1. The summed E-state index contributed by atoms with van der Waals surface area (Å²) < 4.78 is 0. The zero-order valence-corrected chi connectivity index (χ0v) is 13.7. The molecule has 3 rings (SSSR count). The largest absolute Gasteiger partial charge is 0.339 e. The van der Waals surface area contributed by atoms with Gasteiger partial charge in [0.05, 0.1) is 0 Å². The molecule has 0 spiro atoms. The van der Waals surface area contributed by atoms with Gasteiger partial charge in [-0.05, 0) is 48.6 Å². The summed E-state index contributed by atoms with van der Waals surface area (Å²) in [6.45, 7) is 3.70. The van der Waals surface area contributed by atoms with Gasteiger partial charge >= 0.3 is 0 Å². The number of halogens is 1. The number of likely N-dealkylation sites (tertiary alicyclic amines) is 1. The maximum absolute atomic E-state index is 12.6. The van der Waals surface area contributed by atoms with E-state index in [1.807, 2.05) is 35.2 Å². The van der Waals surface area contributed by atoms with E-state index in [0.717, 1.165) is 36.9 Å². The van der Waals surface area contributed by atoms with Crippen LogP contribution in [0.3, 0.4) is 0 Å². The highest BCUT2D eigenvalue weighted by molar-refractivity contribution is 5.98. The standard InChI is InChI=1S/C18H22N2O.ClH/c1-13(19)14-8-10-20(11-9-14)18(21)17-7-6-15-4-2-3-5-16(15)12-17;/h2-7,12-14H,8-11,19H2,1H3;1H. The van der Waals surface area contributed by atoms with Crippen LogP contribution in [0, 0.1) is 5.92 Å². The van der Waals surface area contributed by atoms with Gasteiger partial charge in [-0.1, -0.05) is 30.3 Å². The molecule has 1 amide bonds. The third kappa shape index (κ3) is 3.42. The van der Waals surface area contributed by atoms with Crippen molar-refractivity contribution in [3.8, 4) is 0 Å². The molecular weight excluding hydrogens is 296 g/mol. The van der Waals surface area contributed by atoms with Crippen molar-refractivity contribution in [2.75, 3.05) is 13.1 Å². The second-order valence-electron chi connectivity index (χ2n) is 6.05. The molecule has 3 nitrogen and oxygen atoms in total. The highest BCUT2D eigenvalue weighted by Crippen LogP contribution is 2.22. The predicted molar refractivity (Wildman–Crippen MR) is 93.5 cm³/mol. The second-order valence-corrected chi connectivity index (χ2v) is 6.05. The Morgan fingerprint density at radius 1 is 1.14 bits per heavy atom. The van der Waals surface area contributed by atoms with E-state index in [1.54, 1.807) is 0 Å². The topological polar surface area (TPSA) is 46.3 Å². The average Bonchev–Trinajstić information content (AvgIpc) is 2.54. The van der Waals surface area contributed by atoms with Gasteiger partial charge in [0.15, 0.2) is 0 Å². The number of carbonyl (C=O) groups is 1. The minimum absolute atomic E-state index is 0. The normalized spacial score (nSPS) is 17.1. The zero-order valence-electron chi connectivity index (χ0n) is 12.9. The molecule has 1 atom stereocenters. The molecule has 0 radical (unpaired) electrons. The molecule has 2 N–H and O–H groups in total. The quantitative estimate of drug-likeness (QED) is 0.921. The van der Waals surface area contributed by atoms with Crippen molar-refractivity contribution in [3.05, 3.63) is 48.0 Å². The summed E-state index contributed by atoms with van der Waals surface area (Å²) in [5.41, 5.74) is 6.74. The Morgan fingerprint density at radius 3 is 2.41 bits per heavy atom. The molecule has 118 valence electrons. The lowest BCUT2D eigenvalue weighted by Crippen LogP contribution is -2.42. The molecule has 0 aliphatic carbocycles. The third-order valence-electron chi connectivity index (χ3n) is 4.57. The lowest BCUT2D eigenvalue weighted by molar-refractivity contribution is 0.0681. The number of fused-ring (bicyclic) bond motifs is 1. The Balaban J connectivity index is 0.00000176. The van der Waals surface area contributed by atoms with Crippen molar-refractivity contribution in [3.63, 3.8) is 0 Å². The van der Waals surface area contributed by atoms with Gasteiger partial charge in [-0.2, -0.15) is 0 Å². The second kappa shape index (κ2) is 7.12. The summed E-state index contributed by atoms with van der Waals surface area (Å²) in [4.78, 5) is 14.6. The number of piperidine rings is 1. The number of rotatable bonds is 2. The average molecular weight is 319 g/mol. The first kappa shape index (κ1) is 16.8. The summed E-state index contributed by atoms with van der Waals surface area (Å²) in [6, 6.07) is 14.3. The van der Waals surface area contributed by atoms with E-state index in [2.05, 4.69) is 19.1 Å². The molecule has 4 heteroatoms. The Morgan fingerprint density at radius 2 is 1.77 bits per heavy atom. The van der Waals surface area contributed by atoms with Crippen LogP contribution in [0.5, 0.6) is 0 Å². The summed E-state index contributed by atoms with van der Waals surface area (Å²) in [7, 11) is 0. The minimum atomic E-state index is 0. The molecule has 0 saturated carbocycles. The van der Waals surface area contributed by atoms with Crippen LogP contribution in [-0.4, -0.2) is 29.9 Å². The third-order valence-corrected chi connectivity index (χ3v) is 4.57. The van der Waals surface area contributed by atoms with E-state index in [4.69, 9.17) is 5.73 Å². The molecule has 22 heavy (non-hydrogen) atoms. The van der Waals surface area contributed by atoms with Crippen LogP contribution >= 0.6 is 12.4 Å². The van der Waals surface area contributed by atoms with Crippen molar-refractivity contribution in [1.29, 1.82) is 0 Å². The Labute approximate surface area is 137 Å². The maximum atomic E-state index is 12.6. The van der Waals surface area contributed by atoms with Gasteiger partial charge in [-0.3, -0.25) is 4.79 Å². The molecule has 1 fully saturated rings. The highest BCUT2D eigenvalue weighted by atomic mass is 35.5. The van der Waals surface area contributed by atoms with Crippen LogP contribution in [-0.2, 0) is 0 Å². The predicted octanol–water partition coefficient (Wildman–Crippen LogP) is 3.46. The number of carbonyl (C=O) groups excluding carboxylic acids is 1. The molecule has 1 saturated heterocycles. The zero-order chi connectivity index (χ0) is 14.8. The van der Waals surface area contributed by atoms with Crippen LogP contribution in [0.1, 0.15) is 30.1 Å². The fraction of sp³-hybridized carbons (Fsp3) is 0.389. The SMILES string of the molecule is CC(N)C1CCN(C(=O)c2ccc3ccccc3c2)CC1.Cl. The molecule has 1 aliphatic rings. The highest BCUT2D eigenvalue weighted by Gasteiger charge is 2.25. The lowest BCUT2D eigenvalue weighted by Gasteiger charge is -2.33.